The van der Waals surface area contributed by atoms with Gasteiger partial charge >= 0.3 is 0 Å². The van der Waals surface area contributed by atoms with Gasteiger partial charge in [-0.25, -0.2) is 4.98 Å². The summed E-state index contributed by atoms with van der Waals surface area (Å²) in [6.07, 6.45) is 0. The number of benzene rings is 2. The molecule has 2 N–H and O–H groups in total. The third-order valence-electron chi connectivity index (χ3n) is 3.55. The summed E-state index contributed by atoms with van der Waals surface area (Å²) >= 11 is 0. The molecule has 3 aromatic rings. The van der Waals surface area contributed by atoms with Crippen LogP contribution in [0.4, 0.5) is 5.69 Å². The van der Waals surface area contributed by atoms with Crippen molar-refractivity contribution in [3.63, 3.8) is 0 Å². The fourth-order valence-corrected chi connectivity index (χ4v) is 2.29. The van der Waals surface area contributed by atoms with Crippen molar-refractivity contribution in [2.75, 3.05) is 20.0 Å². The van der Waals surface area contributed by atoms with Gasteiger partial charge in [-0.3, -0.25) is 0 Å². The van der Waals surface area contributed by atoms with Crippen LogP contribution in [0.2, 0.25) is 0 Å². The van der Waals surface area contributed by atoms with Gasteiger partial charge in [-0.2, -0.15) is 0 Å². The summed E-state index contributed by atoms with van der Waals surface area (Å²) in [4.78, 5) is 4.47. The molecule has 3 rings (SSSR count). The molecule has 0 aliphatic carbocycles. The predicted octanol–water partition coefficient (Wildman–Crippen LogP) is 3.41. The first-order chi connectivity index (χ1) is 11.2. The standard InChI is InChI=1S/C18H18N2O3/c1-21-14-6-3-12(4-7-14)11-23-17-8-5-13-9-15(22-2)10-16(19)18(13)20-17/h3-10H,11,19H2,1-2H3. The van der Waals surface area contributed by atoms with Crippen LogP contribution in [-0.4, -0.2) is 19.2 Å². The highest BCUT2D eigenvalue weighted by atomic mass is 16.5. The number of rotatable bonds is 5. The first-order valence-corrected chi connectivity index (χ1v) is 7.19. The molecular weight excluding hydrogens is 292 g/mol. The zero-order chi connectivity index (χ0) is 16.2. The van der Waals surface area contributed by atoms with Crippen LogP contribution >= 0.6 is 0 Å². The third-order valence-corrected chi connectivity index (χ3v) is 3.55. The average molecular weight is 310 g/mol. The molecule has 0 spiro atoms. The summed E-state index contributed by atoms with van der Waals surface area (Å²) in [5.74, 6) is 2.06. The molecule has 5 heteroatoms. The maximum absolute atomic E-state index is 6.03. The second-order valence-corrected chi connectivity index (χ2v) is 5.07. The number of pyridine rings is 1. The maximum atomic E-state index is 6.03. The Morgan fingerprint density at radius 2 is 1.65 bits per heavy atom. The largest absolute Gasteiger partial charge is 0.497 e. The second-order valence-electron chi connectivity index (χ2n) is 5.07. The maximum Gasteiger partial charge on any atom is 0.214 e. The molecule has 2 aromatic carbocycles. The number of ether oxygens (including phenoxy) is 3. The van der Waals surface area contributed by atoms with E-state index in [9.17, 15) is 0 Å². The molecule has 118 valence electrons. The summed E-state index contributed by atoms with van der Waals surface area (Å²) in [6, 6.07) is 15.1. The third kappa shape index (κ3) is 3.29. The predicted molar refractivity (Wildman–Crippen MR) is 90.0 cm³/mol. The Hall–Kier alpha value is -2.95. The molecular formula is C18H18N2O3. The Balaban J connectivity index is 1.78. The number of methoxy groups -OCH3 is 2. The first kappa shape index (κ1) is 15.0. The van der Waals surface area contributed by atoms with E-state index in [1.165, 1.54) is 0 Å². The summed E-state index contributed by atoms with van der Waals surface area (Å²) < 4.78 is 16.1. The minimum Gasteiger partial charge on any atom is -0.497 e. The van der Waals surface area contributed by atoms with Crippen molar-refractivity contribution < 1.29 is 14.2 Å². The van der Waals surface area contributed by atoms with Crippen LogP contribution in [-0.2, 0) is 6.61 Å². The number of nitrogens with two attached hydrogens (primary N) is 1. The van der Waals surface area contributed by atoms with E-state index in [0.29, 0.717) is 29.4 Å². The smallest absolute Gasteiger partial charge is 0.214 e. The van der Waals surface area contributed by atoms with Crippen molar-refractivity contribution in [3.8, 4) is 17.4 Å². The van der Waals surface area contributed by atoms with Gasteiger partial charge in [0.1, 0.15) is 18.1 Å². The lowest BCUT2D eigenvalue weighted by Crippen LogP contribution is -1.99. The quantitative estimate of drug-likeness (QED) is 0.731. The highest BCUT2D eigenvalue weighted by molar-refractivity contribution is 5.91. The van der Waals surface area contributed by atoms with Crippen LogP contribution in [0.5, 0.6) is 17.4 Å². The van der Waals surface area contributed by atoms with E-state index < -0.39 is 0 Å². The van der Waals surface area contributed by atoms with E-state index in [1.54, 1.807) is 20.3 Å². The number of anilines is 1. The fourth-order valence-electron chi connectivity index (χ4n) is 2.29. The zero-order valence-corrected chi connectivity index (χ0v) is 13.1. The van der Waals surface area contributed by atoms with Gasteiger partial charge in [0.15, 0.2) is 0 Å². The second kappa shape index (κ2) is 6.44. The lowest BCUT2D eigenvalue weighted by Gasteiger charge is -2.09. The van der Waals surface area contributed by atoms with Crippen molar-refractivity contribution >= 4 is 16.6 Å². The van der Waals surface area contributed by atoms with Gasteiger partial charge < -0.3 is 19.9 Å². The highest BCUT2D eigenvalue weighted by Gasteiger charge is 2.06. The van der Waals surface area contributed by atoms with E-state index in [2.05, 4.69) is 4.98 Å². The summed E-state index contributed by atoms with van der Waals surface area (Å²) in [6.45, 7) is 0.429. The van der Waals surface area contributed by atoms with Crippen molar-refractivity contribution in [1.82, 2.24) is 4.98 Å². The van der Waals surface area contributed by atoms with E-state index in [4.69, 9.17) is 19.9 Å². The van der Waals surface area contributed by atoms with Crippen LogP contribution in [0.15, 0.2) is 48.5 Å². The number of nitrogen functional groups attached to an aromatic ring is 1. The summed E-state index contributed by atoms with van der Waals surface area (Å²) in [5, 5.41) is 0.915. The normalized spacial score (nSPS) is 10.5. The van der Waals surface area contributed by atoms with Crippen molar-refractivity contribution in [2.45, 2.75) is 6.61 Å². The molecule has 0 aliphatic heterocycles. The van der Waals surface area contributed by atoms with Crippen molar-refractivity contribution in [1.29, 1.82) is 0 Å². The van der Waals surface area contributed by atoms with Crippen molar-refractivity contribution in [3.05, 3.63) is 54.1 Å². The van der Waals surface area contributed by atoms with Crippen LogP contribution in [0.25, 0.3) is 10.9 Å². The Morgan fingerprint density at radius 3 is 2.35 bits per heavy atom. The van der Waals surface area contributed by atoms with Gasteiger partial charge in [-0.1, -0.05) is 12.1 Å². The van der Waals surface area contributed by atoms with Crippen LogP contribution < -0.4 is 19.9 Å². The molecule has 0 radical (unpaired) electrons. The molecule has 0 fully saturated rings. The number of fused-ring (bicyclic) bond motifs is 1. The number of hydrogen-bond donors (Lipinski definition) is 1. The lowest BCUT2D eigenvalue weighted by molar-refractivity contribution is 0.295. The zero-order valence-electron chi connectivity index (χ0n) is 13.1. The van der Waals surface area contributed by atoms with Crippen LogP contribution in [0.3, 0.4) is 0 Å². The highest BCUT2D eigenvalue weighted by Crippen LogP contribution is 2.27. The first-order valence-electron chi connectivity index (χ1n) is 7.19. The molecule has 0 amide bonds. The molecule has 0 aliphatic rings. The average Bonchev–Trinajstić information content (AvgIpc) is 2.60. The molecule has 0 atom stereocenters. The van der Waals surface area contributed by atoms with Gasteiger partial charge in [0.2, 0.25) is 5.88 Å². The molecule has 1 heterocycles. The minimum atomic E-state index is 0.429. The lowest BCUT2D eigenvalue weighted by atomic mass is 10.2. The molecule has 23 heavy (non-hydrogen) atoms. The fraction of sp³-hybridized carbons (Fsp3) is 0.167. The van der Waals surface area contributed by atoms with Crippen LogP contribution in [0, 0.1) is 0 Å². The Kier molecular flexibility index (Phi) is 4.19. The Morgan fingerprint density at radius 1 is 0.913 bits per heavy atom. The summed E-state index contributed by atoms with van der Waals surface area (Å²) in [7, 11) is 3.25. The van der Waals surface area contributed by atoms with E-state index >= 15 is 0 Å². The van der Waals surface area contributed by atoms with Gasteiger partial charge in [-0.15, -0.1) is 0 Å². The van der Waals surface area contributed by atoms with E-state index in [-0.39, 0.29) is 0 Å². The molecule has 0 saturated heterocycles. The monoisotopic (exact) mass is 310 g/mol. The molecule has 1 aromatic heterocycles. The molecule has 0 unspecified atom stereocenters. The van der Waals surface area contributed by atoms with E-state index in [1.807, 2.05) is 42.5 Å². The van der Waals surface area contributed by atoms with Crippen molar-refractivity contribution in [2.24, 2.45) is 0 Å². The van der Waals surface area contributed by atoms with Gasteiger partial charge in [0, 0.05) is 17.5 Å². The van der Waals surface area contributed by atoms with E-state index in [0.717, 1.165) is 16.7 Å². The Labute approximate surface area is 134 Å². The molecule has 0 saturated carbocycles. The molecule has 0 bridgehead atoms. The topological polar surface area (TPSA) is 66.6 Å². The van der Waals surface area contributed by atoms with Gasteiger partial charge in [-0.05, 0) is 29.8 Å². The number of nitrogens with zero attached hydrogens (tertiary/aromatic N) is 1. The summed E-state index contributed by atoms with van der Waals surface area (Å²) in [5.41, 5.74) is 8.34. The number of aromatic nitrogens is 1. The number of hydrogen-bond acceptors (Lipinski definition) is 5. The Bertz CT molecular complexity index is 816. The minimum absolute atomic E-state index is 0.429. The van der Waals surface area contributed by atoms with Crippen LogP contribution in [0.1, 0.15) is 5.56 Å². The molecule has 5 nitrogen and oxygen atoms in total. The van der Waals surface area contributed by atoms with Gasteiger partial charge in [0.25, 0.3) is 0 Å². The van der Waals surface area contributed by atoms with Gasteiger partial charge in [0.05, 0.1) is 25.4 Å². The SMILES string of the molecule is COc1ccc(COc2ccc3cc(OC)cc(N)c3n2)cc1.